The van der Waals surface area contributed by atoms with Gasteiger partial charge in [-0.3, -0.25) is 4.40 Å². The molecular formula is C22H22F3N7O. The highest BCUT2D eigenvalue weighted by molar-refractivity contribution is 5.73. The SMILES string of the molecule is COc1cc2ncc(-c3cccc(N[C@H]4CCNC[C@@H]4F)n3)n2cc1-c1cnn(C(F)F)c1. The highest BCUT2D eigenvalue weighted by Gasteiger charge is 2.24. The molecule has 11 heteroatoms. The minimum Gasteiger partial charge on any atom is -0.496 e. The maximum atomic E-state index is 14.2. The number of halogens is 3. The second kappa shape index (κ2) is 8.74. The Kier molecular flexibility index (Phi) is 5.63. The molecule has 2 N–H and O–H groups in total. The predicted molar refractivity (Wildman–Crippen MR) is 117 cm³/mol. The fraction of sp³-hybridized carbons (Fsp3) is 0.318. The number of ether oxygens (including phenoxy) is 1. The average molecular weight is 457 g/mol. The monoisotopic (exact) mass is 457 g/mol. The van der Waals surface area contributed by atoms with Crippen molar-refractivity contribution in [3.8, 4) is 28.3 Å². The third kappa shape index (κ3) is 4.11. The summed E-state index contributed by atoms with van der Waals surface area (Å²) in [5.41, 5.74) is 3.00. The Labute approximate surface area is 187 Å². The molecule has 1 saturated heterocycles. The van der Waals surface area contributed by atoms with Crippen molar-refractivity contribution in [1.29, 1.82) is 0 Å². The summed E-state index contributed by atoms with van der Waals surface area (Å²) in [6.07, 6.45) is 5.73. The summed E-state index contributed by atoms with van der Waals surface area (Å²) in [5.74, 6) is 1.06. The Morgan fingerprint density at radius 1 is 1.24 bits per heavy atom. The number of hydrogen-bond donors (Lipinski definition) is 2. The van der Waals surface area contributed by atoms with Gasteiger partial charge in [-0.05, 0) is 25.1 Å². The summed E-state index contributed by atoms with van der Waals surface area (Å²) in [6, 6.07) is 6.90. The number of methoxy groups -OCH3 is 1. The Morgan fingerprint density at radius 3 is 2.88 bits per heavy atom. The highest BCUT2D eigenvalue weighted by Crippen LogP contribution is 2.33. The number of alkyl halides is 3. The van der Waals surface area contributed by atoms with Crippen LogP contribution in [0.25, 0.3) is 28.2 Å². The van der Waals surface area contributed by atoms with E-state index in [1.807, 2.05) is 16.5 Å². The van der Waals surface area contributed by atoms with Crippen molar-refractivity contribution >= 4 is 11.5 Å². The summed E-state index contributed by atoms with van der Waals surface area (Å²) >= 11 is 0. The molecule has 172 valence electrons. The van der Waals surface area contributed by atoms with Crippen LogP contribution in [-0.2, 0) is 0 Å². The molecule has 2 atom stereocenters. The van der Waals surface area contributed by atoms with Gasteiger partial charge in [0.15, 0.2) is 0 Å². The Hall–Kier alpha value is -3.60. The smallest absolute Gasteiger partial charge is 0.333 e. The molecule has 0 spiro atoms. The lowest BCUT2D eigenvalue weighted by Gasteiger charge is -2.27. The van der Waals surface area contributed by atoms with E-state index >= 15 is 0 Å². The van der Waals surface area contributed by atoms with Crippen LogP contribution in [-0.4, -0.2) is 56.6 Å². The van der Waals surface area contributed by atoms with E-state index in [0.29, 0.717) is 57.4 Å². The molecule has 1 fully saturated rings. The van der Waals surface area contributed by atoms with Crippen LogP contribution in [0.2, 0.25) is 0 Å². The second-order valence-electron chi connectivity index (χ2n) is 7.78. The molecular weight excluding hydrogens is 435 g/mol. The van der Waals surface area contributed by atoms with Gasteiger partial charge in [-0.15, -0.1) is 0 Å². The van der Waals surface area contributed by atoms with E-state index in [2.05, 4.69) is 25.7 Å². The number of pyridine rings is 2. The largest absolute Gasteiger partial charge is 0.496 e. The summed E-state index contributed by atoms with van der Waals surface area (Å²) in [4.78, 5) is 9.10. The van der Waals surface area contributed by atoms with Crippen LogP contribution >= 0.6 is 0 Å². The number of fused-ring (bicyclic) bond motifs is 1. The third-order valence-electron chi connectivity index (χ3n) is 5.69. The van der Waals surface area contributed by atoms with Crippen molar-refractivity contribution in [3.05, 3.63) is 49.1 Å². The topological polar surface area (TPSA) is 81.3 Å². The number of nitrogens with one attached hydrogen (secondary N) is 2. The molecule has 0 saturated carbocycles. The van der Waals surface area contributed by atoms with Crippen LogP contribution in [0.3, 0.4) is 0 Å². The van der Waals surface area contributed by atoms with Crippen LogP contribution in [0.5, 0.6) is 5.75 Å². The quantitative estimate of drug-likeness (QED) is 0.459. The van der Waals surface area contributed by atoms with Gasteiger partial charge in [0.05, 0.1) is 36.9 Å². The van der Waals surface area contributed by atoms with Crippen molar-refractivity contribution in [1.82, 2.24) is 29.5 Å². The van der Waals surface area contributed by atoms with E-state index in [4.69, 9.17) is 4.74 Å². The van der Waals surface area contributed by atoms with E-state index in [1.165, 1.54) is 19.5 Å². The average Bonchev–Trinajstić information content (AvgIpc) is 3.47. The third-order valence-corrected chi connectivity index (χ3v) is 5.69. The normalized spacial score (nSPS) is 18.7. The molecule has 0 unspecified atom stereocenters. The predicted octanol–water partition coefficient (Wildman–Crippen LogP) is 3.78. The summed E-state index contributed by atoms with van der Waals surface area (Å²) < 4.78 is 48.1. The molecule has 0 radical (unpaired) electrons. The lowest BCUT2D eigenvalue weighted by molar-refractivity contribution is 0.0566. The highest BCUT2D eigenvalue weighted by atomic mass is 19.3. The first kappa shape index (κ1) is 21.3. The number of nitrogens with zero attached hydrogens (tertiary/aromatic N) is 5. The minimum atomic E-state index is -2.74. The summed E-state index contributed by atoms with van der Waals surface area (Å²) in [5, 5.41) is 9.95. The van der Waals surface area contributed by atoms with Crippen molar-refractivity contribution in [2.75, 3.05) is 25.5 Å². The molecule has 4 aromatic rings. The first-order chi connectivity index (χ1) is 16.0. The van der Waals surface area contributed by atoms with E-state index < -0.39 is 12.7 Å². The summed E-state index contributed by atoms with van der Waals surface area (Å²) in [7, 11) is 1.51. The van der Waals surface area contributed by atoms with Crippen molar-refractivity contribution in [2.24, 2.45) is 0 Å². The Balaban J connectivity index is 1.52. The van der Waals surface area contributed by atoms with Gasteiger partial charge in [-0.25, -0.2) is 19.0 Å². The lowest BCUT2D eigenvalue weighted by Crippen LogP contribution is -2.45. The zero-order chi connectivity index (χ0) is 22.9. The lowest BCUT2D eigenvalue weighted by atomic mass is 10.1. The minimum absolute atomic E-state index is 0.307. The van der Waals surface area contributed by atoms with Gasteiger partial charge in [-0.2, -0.15) is 13.9 Å². The summed E-state index contributed by atoms with van der Waals surface area (Å²) in [6.45, 7) is -1.67. The van der Waals surface area contributed by atoms with E-state index in [0.717, 1.165) is 6.54 Å². The fourth-order valence-corrected chi connectivity index (χ4v) is 4.00. The van der Waals surface area contributed by atoms with Crippen molar-refractivity contribution < 1.29 is 17.9 Å². The van der Waals surface area contributed by atoms with Gasteiger partial charge in [0.25, 0.3) is 0 Å². The number of anilines is 1. The maximum Gasteiger partial charge on any atom is 0.333 e. The maximum absolute atomic E-state index is 14.2. The van der Waals surface area contributed by atoms with Gasteiger partial charge >= 0.3 is 6.55 Å². The van der Waals surface area contributed by atoms with Crippen LogP contribution in [0.4, 0.5) is 19.0 Å². The zero-order valence-electron chi connectivity index (χ0n) is 17.8. The number of aromatic nitrogens is 5. The molecule has 0 aliphatic carbocycles. The molecule has 33 heavy (non-hydrogen) atoms. The molecule has 8 nitrogen and oxygen atoms in total. The van der Waals surface area contributed by atoms with Gasteiger partial charge in [0.1, 0.15) is 23.4 Å². The van der Waals surface area contributed by atoms with Crippen LogP contribution in [0.1, 0.15) is 13.0 Å². The van der Waals surface area contributed by atoms with E-state index in [-0.39, 0.29) is 6.04 Å². The standard InChI is InChI=1S/C22H22F3N7O/c1-33-19-7-21-27-10-18(31(21)12-14(19)13-8-28-32(11-13)22(24)25)17-3-2-4-20(30-17)29-16-5-6-26-9-15(16)23/h2-4,7-8,10-12,15-16,22,26H,5-6,9H2,1H3,(H,29,30)/t15-,16-/m0/s1. The van der Waals surface area contributed by atoms with Gasteiger partial charge < -0.3 is 15.4 Å². The first-order valence-corrected chi connectivity index (χ1v) is 10.5. The molecule has 0 amide bonds. The van der Waals surface area contributed by atoms with Crippen LogP contribution in [0, 0.1) is 0 Å². The number of rotatable bonds is 6. The van der Waals surface area contributed by atoms with E-state index in [9.17, 15) is 13.2 Å². The van der Waals surface area contributed by atoms with Crippen molar-refractivity contribution in [3.63, 3.8) is 0 Å². The van der Waals surface area contributed by atoms with Gasteiger partial charge in [0, 0.05) is 36.1 Å². The van der Waals surface area contributed by atoms with Crippen LogP contribution < -0.4 is 15.4 Å². The molecule has 1 aliphatic rings. The zero-order valence-corrected chi connectivity index (χ0v) is 17.8. The van der Waals surface area contributed by atoms with Gasteiger partial charge in [0.2, 0.25) is 0 Å². The van der Waals surface area contributed by atoms with E-state index in [1.54, 1.807) is 24.5 Å². The van der Waals surface area contributed by atoms with Crippen molar-refractivity contribution in [2.45, 2.75) is 25.2 Å². The molecule has 0 bridgehead atoms. The first-order valence-electron chi connectivity index (χ1n) is 10.5. The fourth-order valence-electron chi connectivity index (χ4n) is 4.00. The number of piperidine rings is 1. The number of hydrogen-bond acceptors (Lipinski definition) is 6. The Morgan fingerprint density at radius 2 is 2.12 bits per heavy atom. The molecule has 5 rings (SSSR count). The second-order valence-corrected chi connectivity index (χ2v) is 7.78. The Bertz CT molecular complexity index is 1270. The molecule has 1 aliphatic heterocycles. The molecule has 0 aromatic carbocycles. The number of imidazole rings is 1. The van der Waals surface area contributed by atoms with Crippen LogP contribution in [0.15, 0.2) is 49.1 Å². The van der Waals surface area contributed by atoms with Gasteiger partial charge in [-0.1, -0.05) is 6.07 Å². The molecule has 5 heterocycles. The molecule has 4 aromatic heterocycles.